The van der Waals surface area contributed by atoms with Gasteiger partial charge in [0.1, 0.15) is 0 Å². The van der Waals surface area contributed by atoms with Crippen LogP contribution >= 0.6 is 0 Å². The van der Waals surface area contributed by atoms with Crippen molar-refractivity contribution in [1.29, 1.82) is 0 Å². The Labute approximate surface area is 335 Å². The van der Waals surface area contributed by atoms with E-state index in [0.717, 1.165) is 5.52 Å². The monoisotopic (exact) mass is 744 g/mol. The fourth-order valence-electron chi connectivity index (χ4n) is 9.47. The summed E-state index contributed by atoms with van der Waals surface area (Å²) in [6, 6.07) is 65.0. The Kier molecular flexibility index (Phi) is 7.80. The van der Waals surface area contributed by atoms with E-state index in [4.69, 9.17) is 0 Å². The highest BCUT2D eigenvalue weighted by Crippen LogP contribution is 2.40. The van der Waals surface area contributed by atoms with Gasteiger partial charge in [0.05, 0.1) is 17.4 Å². The third-order valence-electron chi connectivity index (χ3n) is 12.2. The molecule has 0 aliphatic carbocycles. The van der Waals surface area contributed by atoms with Crippen LogP contribution in [0.1, 0.15) is 0 Å². The Morgan fingerprint density at radius 1 is 0.293 bits per heavy atom. The van der Waals surface area contributed by atoms with Crippen molar-refractivity contribution in [2.45, 2.75) is 0 Å². The lowest BCUT2D eigenvalue weighted by Gasteiger charge is -2.11. The number of benzene rings is 10. The Morgan fingerprint density at radius 2 is 0.621 bits per heavy atom. The van der Waals surface area contributed by atoms with Crippen LogP contribution in [0.2, 0.25) is 0 Å². The molecular formula is C54H40N4. The van der Waals surface area contributed by atoms with Gasteiger partial charge in [-0.3, -0.25) is 0 Å². The molecule has 276 valence electrons. The van der Waals surface area contributed by atoms with Crippen LogP contribution < -0.4 is 0 Å². The van der Waals surface area contributed by atoms with Crippen molar-refractivity contribution in [3.05, 3.63) is 188 Å². The fraction of sp³-hybridized carbons (Fsp3) is 0.0556. The van der Waals surface area contributed by atoms with Crippen molar-refractivity contribution in [2.75, 3.05) is 0 Å². The van der Waals surface area contributed by atoms with Crippen LogP contribution in [0.3, 0.4) is 0 Å². The summed E-state index contributed by atoms with van der Waals surface area (Å²) < 4.78 is 6.66. The van der Waals surface area contributed by atoms with Crippen LogP contribution in [0, 0.1) is 0 Å². The Hall–Kier alpha value is -7.43. The lowest BCUT2D eigenvalue weighted by Crippen LogP contribution is -1.87. The summed E-state index contributed by atoms with van der Waals surface area (Å²) in [7, 11) is 6.33. The molecule has 10 aromatic carbocycles. The van der Waals surface area contributed by atoms with E-state index in [9.17, 15) is 0 Å². The molecule has 0 saturated heterocycles. The van der Waals surface area contributed by atoms with Crippen molar-refractivity contribution >= 4 is 109 Å². The van der Waals surface area contributed by atoms with Gasteiger partial charge in [-0.05, 0) is 73.4 Å². The van der Waals surface area contributed by atoms with Crippen molar-refractivity contribution in [1.82, 2.24) is 18.7 Å². The van der Waals surface area contributed by atoms with Crippen molar-refractivity contribution < 1.29 is 0 Å². The van der Waals surface area contributed by atoms with Crippen LogP contribution in [0.25, 0.3) is 109 Å². The highest BCUT2D eigenvalue weighted by molar-refractivity contribution is 6.29. The molecule has 0 amide bonds. The molecule has 0 aliphatic rings. The van der Waals surface area contributed by atoms with Crippen LogP contribution in [0.15, 0.2) is 188 Å². The number of hydrogen-bond donors (Lipinski definition) is 0. The van der Waals surface area contributed by atoms with Crippen LogP contribution in [-0.4, -0.2) is 18.7 Å². The summed E-state index contributed by atoms with van der Waals surface area (Å²) in [6.45, 7) is 0. The molecule has 0 bridgehead atoms. The first-order chi connectivity index (χ1) is 28.6. The maximum Gasteiger partial charge on any atom is 0.0969 e. The van der Waals surface area contributed by atoms with E-state index in [1.807, 2.05) is 6.33 Å². The van der Waals surface area contributed by atoms with Gasteiger partial charge in [0.15, 0.2) is 0 Å². The normalized spacial score (nSPS) is 11.7. The molecule has 0 saturated carbocycles. The molecule has 0 aliphatic heterocycles. The zero-order valence-electron chi connectivity index (χ0n) is 32.7. The molecule has 0 atom stereocenters. The Morgan fingerprint density at radius 3 is 1.12 bits per heavy atom. The van der Waals surface area contributed by atoms with Gasteiger partial charge in [0.25, 0.3) is 0 Å². The summed E-state index contributed by atoms with van der Waals surface area (Å²) >= 11 is 0. The first-order valence-corrected chi connectivity index (χ1v) is 19.9. The number of imidazole rings is 1. The number of aromatic nitrogens is 4. The molecule has 13 aromatic rings. The molecule has 4 heteroatoms. The van der Waals surface area contributed by atoms with Gasteiger partial charge in [-0.1, -0.05) is 152 Å². The summed E-state index contributed by atoms with van der Waals surface area (Å²) in [5.41, 5.74) is 7.48. The van der Waals surface area contributed by atoms with E-state index < -0.39 is 0 Å². The van der Waals surface area contributed by atoms with Gasteiger partial charge in [-0.2, -0.15) is 0 Å². The minimum Gasteiger partial charge on any atom is -0.344 e. The molecule has 4 nitrogen and oxygen atoms in total. The number of rotatable bonds is 0. The highest BCUT2D eigenvalue weighted by atomic mass is 15.0. The first kappa shape index (κ1) is 33.9. The van der Waals surface area contributed by atoms with Gasteiger partial charge in [-0.25, -0.2) is 4.98 Å². The van der Waals surface area contributed by atoms with E-state index in [-0.39, 0.29) is 0 Å². The quantitative estimate of drug-likeness (QED) is 0.142. The largest absolute Gasteiger partial charge is 0.344 e. The fourth-order valence-corrected chi connectivity index (χ4v) is 9.47. The minimum absolute atomic E-state index is 1.09. The van der Waals surface area contributed by atoms with Gasteiger partial charge in [0.2, 0.25) is 0 Å². The molecule has 58 heavy (non-hydrogen) atoms. The predicted molar refractivity (Wildman–Crippen MR) is 249 cm³/mol. The van der Waals surface area contributed by atoms with Gasteiger partial charge >= 0.3 is 0 Å². The van der Waals surface area contributed by atoms with E-state index >= 15 is 0 Å². The summed E-state index contributed by atoms with van der Waals surface area (Å²) in [4.78, 5) is 4.56. The number of fused-ring (bicyclic) bond motifs is 18. The smallest absolute Gasteiger partial charge is 0.0969 e. The molecule has 13 rings (SSSR count). The van der Waals surface area contributed by atoms with Crippen LogP contribution in [0.4, 0.5) is 0 Å². The molecular weight excluding hydrogens is 705 g/mol. The maximum atomic E-state index is 4.56. The van der Waals surface area contributed by atoms with Crippen molar-refractivity contribution in [2.24, 2.45) is 21.1 Å². The zero-order chi connectivity index (χ0) is 38.9. The van der Waals surface area contributed by atoms with Gasteiger partial charge in [0, 0.05) is 75.5 Å². The lowest BCUT2D eigenvalue weighted by atomic mass is 9.93. The third-order valence-corrected chi connectivity index (χ3v) is 12.2. The number of aryl methyl sites for hydroxylation is 3. The Bertz CT molecular complexity index is 3680. The lowest BCUT2D eigenvalue weighted by molar-refractivity contribution is 0.951. The van der Waals surface area contributed by atoms with Gasteiger partial charge < -0.3 is 13.7 Å². The predicted octanol–water partition coefficient (Wildman–Crippen LogP) is 14.0. The summed E-state index contributed by atoms with van der Waals surface area (Å²) in [5, 5.41) is 18.4. The van der Waals surface area contributed by atoms with E-state index in [1.54, 1.807) is 0 Å². The second-order valence-corrected chi connectivity index (χ2v) is 15.3. The van der Waals surface area contributed by atoms with Gasteiger partial charge in [-0.15, -0.1) is 0 Å². The molecule has 3 aromatic heterocycles. The first-order valence-electron chi connectivity index (χ1n) is 19.9. The molecule has 3 heterocycles. The Balaban J connectivity index is 0.000000105. The number of nitrogens with zero attached hydrogens (tertiary/aromatic N) is 4. The second-order valence-electron chi connectivity index (χ2n) is 15.3. The minimum atomic E-state index is 1.09. The molecule has 0 spiro atoms. The van der Waals surface area contributed by atoms with E-state index in [2.05, 4.69) is 222 Å². The zero-order valence-corrected chi connectivity index (χ0v) is 32.7. The summed E-state index contributed by atoms with van der Waals surface area (Å²) in [6.07, 6.45) is 1.89. The molecule has 0 N–H and O–H groups in total. The van der Waals surface area contributed by atoms with Crippen LogP contribution in [0.5, 0.6) is 0 Å². The maximum absolute atomic E-state index is 4.56. The van der Waals surface area contributed by atoms with E-state index in [1.165, 1.54) is 103 Å². The molecule has 0 fully saturated rings. The average Bonchev–Trinajstić information content (AvgIpc) is 3.92. The molecule has 0 unspecified atom stereocenters. The highest BCUT2D eigenvalue weighted by Gasteiger charge is 2.14. The summed E-state index contributed by atoms with van der Waals surface area (Å²) in [5.74, 6) is 0. The second kappa shape index (κ2) is 13.4. The van der Waals surface area contributed by atoms with E-state index in [0.29, 0.717) is 0 Å². The topological polar surface area (TPSA) is 27.7 Å². The van der Waals surface area contributed by atoms with Crippen molar-refractivity contribution in [3.8, 4) is 0 Å². The van der Waals surface area contributed by atoms with Crippen molar-refractivity contribution in [3.63, 3.8) is 0 Å². The molecule has 0 radical (unpaired) electrons. The SMILES string of the molecule is Cn1c2ccccc2c2cc3c4ccccc4c4ccccc4c3cc21.Cn1c2ccccc2c2ccccc21.Cn1cnc2c3ccccc3c3ccccc3c21. The van der Waals surface area contributed by atoms with Crippen LogP contribution in [-0.2, 0) is 21.1 Å². The standard InChI is InChI=1S/C25H17N.C16H12N2.C13H11N/c1-26-24-13-7-6-12-20(24)23-14-21-18-10-4-2-8-16(18)17-9-3-5-11-19(17)22(21)15-25(23)26;1-18-10-17-15-13-8-4-2-6-11(13)12-7-3-5-9-14(12)16(15)18;1-14-12-8-4-2-6-10(12)11-7-3-5-9-13(11)14/h2-15H,1H3;2-10H,1H3;2-9H,1H3. The number of hydrogen-bond acceptors (Lipinski definition) is 1. The number of para-hydroxylation sites is 3. The third kappa shape index (κ3) is 5.12. The average molecular weight is 745 g/mol.